The van der Waals surface area contributed by atoms with E-state index in [1.807, 2.05) is 0 Å². The topological polar surface area (TPSA) is 0 Å². The maximum atomic E-state index is 14.7. The lowest BCUT2D eigenvalue weighted by molar-refractivity contribution is -0.462. The monoisotopic (exact) mass is 730 g/mol. The summed E-state index contributed by atoms with van der Waals surface area (Å²) in [4.78, 5) is 0. The van der Waals surface area contributed by atoms with E-state index in [1.165, 1.54) is 19.3 Å². The lowest BCUT2D eigenvalue weighted by Gasteiger charge is -2.42. The molecular weight excluding hydrogens is 695 g/mol. The molecule has 0 radical (unpaired) electrons. The van der Waals surface area contributed by atoms with Crippen molar-refractivity contribution in [3.05, 3.63) is 35.4 Å². The van der Waals surface area contributed by atoms with Crippen LogP contribution < -0.4 is 0 Å². The predicted molar refractivity (Wildman–Crippen MR) is 140 cm³/mol. The van der Waals surface area contributed by atoms with Crippen LogP contribution in [0.15, 0.2) is 24.3 Å². The van der Waals surface area contributed by atoms with Crippen molar-refractivity contribution >= 4 is 0 Å². The van der Waals surface area contributed by atoms with Crippen molar-refractivity contribution < 1.29 is 74.6 Å². The molecule has 0 heterocycles. The van der Waals surface area contributed by atoms with Gasteiger partial charge in [0.05, 0.1) is 0 Å². The molecule has 0 atom stereocenters. The zero-order chi connectivity index (χ0) is 36.8. The van der Waals surface area contributed by atoms with E-state index in [9.17, 15) is 74.6 Å². The van der Waals surface area contributed by atoms with Crippen molar-refractivity contribution in [1.29, 1.82) is 0 Å². The van der Waals surface area contributed by atoms with Crippen LogP contribution >= 0.6 is 0 Å². The minimum Gasteiger partial charge on any atom is -0.194 e. The Hall–Kier alpha value is -1.97. The highest BCUT2D eigenvalue weighted by molar-refractivity contribution is 5.31. The van der Waals surface area contributed by atoms with Crippen LogP contribution in [0.4, 0.5) is 74.6 Å². The Balaban J connectivity index is 1.74. The lowest BCUT2D eigenvalue weighted by Crippen LogP contribution is -2.74. The molecule has 17 heteroatoms. The molecule has 278 valence electrons. The number of hydrogen-bond donors (Lipinski definition) is 0. The summed E-state index contributed by atoms with van der Waals surface area (Å²) >= 11 is 0. The summed E-state index contributed by atoms with van der Waals surface area (Å²) in [5, 5.41) is 0. The van der Waals surface area contributed by atoms with Crippen molar-refractivity contribution in [3.63, 3.8) is 0 Å². The van der Waals surface area contributed by atoms with Crippen LogP contribution in [0.1, 0.15) is 101 Å². The third-order valence-corrected chi connectivity index (χ3v) is 10.0. The standard InChI is InChI=1S/C31H35F17/c1-2-3-4-5-18-6-8-19(9-7-18)20-10-12-21(13-11-20)22-14-16-23(17-15-22)24(32,33)25(34,35)26(36,37)27(38,39)28(40,41)29(42,43)30(44,45)31(46,47)48/h14-21H,2-13H2,1H3/t18-,19-,20?,21?. The van der Waals surface area contributed by atoms with E-state index in [-0.39, 0.29) is 23.6 Å². The van der Waals surface area contributed by atoms with E-state index in [0.717, 1.165) is 57.1 Å². The number of benzene rings is 1. The number of unbranched alkanes of at least 4 members (excludes halogenated alkanes) is 2. The summed E-state index contributed by atoms with van der Waals surface area (Å²) in [6.45, 7) is 2.13. The molecule has 2 saturated carbocycles. The van der Waals surface area contributed by atoms with Crippen molar-refractivity contribution in [2.45, 2.75) is 138 Å². The highest BCUT2D eigenvalue weighted by atomic mass is 19.4. The molecule has 2 fully saturated rings. The summed E-state index contributed by atoms with van der Waals surface area (Å²) < 4.78 is 232. The van der Waals surface area contributed by atoms with Crippen LogP contribution in [0, 0.1) is 17.8 Å². The van der Waals surface area contributed by atoms with Crippen LogP contribution in [0.2, 0.25) is 0 Å². The van der Waals surface area contributed by atoms with Crippen molar-refractivity contribution in [2.75, 3.05) is 0 Å². The normalized spacial score (nSPS) is 24.5. The molecular formula is C31H35F17. The predicted octanol–water partition coefficient (Wildman–Crippen LogP) is 12.8. The van der Waals surface area contributed by atoms with Gasteiger partial charge in [0, 0.05) is 5.56 Å². The van der Waals surface area contributed by atoms with Gasteiger partial charge in [0.25, 0.3) is 0 Å². The van der Waals surface area contributed by atoms with Gasteiger partial charge in [-0.2, -0.15) is 74.6 Å². The number of halogens is 17. The van der Waals surface area contributed by atoms with Gasteiger partial charge in [0.2, 0.25) is 0 Å². The van der Waals surface area contributed by atoms with E-state index in [4.69, 9.17) is 0 Å². The smallest absolute Gasteiger partial charge is 0.194 e. The molecule has 0 unspecified atom stereocenters. The van der Waals surface area contributed by atoms with Gasteiger partial charge in [-0.15, -0.1) is 0 Å². The highest BCUT2D eigenvalue weighted by Crippen LogP contribution is 2.65. The lowest BCUT2D eigenvalue weighted by atomic mass is 9.68. The van der Waals surface area contributed by atoms with Crippen molar-refractivity contribution in [3.8, 4) is 0 Å². The van der Waals surface area contributed by atoms with Gasteiger partial charge in [-0.1, -0.05) is 69.7 Å². The average Bonchev–Trinajstić information content (AvgIpc) is 3.00. The van der Waals surface area contributed by atoms with Gasteiger partial charge in [-0.25, -0.2) is 0 Å². The summed E-state index contributed by atoms with van der Waals surface area (Å²) in [5.74, 6) is -55.1. The molecule has 2 aliphatic carbocycles. The van der Waals surface area contributed by atoms with Gasteiger partial charge in [-0.3, -0.25) is 0 Å². The Morgan fingerprint density at radius 2 is 0.875 bits per heavy atom. The van der Waals surface area contributed by atoms with Crippen molar-refractivity contribution in [1.82, 2.24) is 0 Å². The largest absolute Gasteiger partial charge is 0.460 e. The first kappa shape index (κ1) is 40.5. The summed E-state index contributed by atoms with van der Waals surface area (Å²) in [6, 6.07) is 1.78. The fourth-order valence-corrected chi connectivity index (χ4v) is 6.87. The average molecular weight is 731 g/mol. The van der Waals surface area contributed by atoms with E-state index in [1.54, 1.807) is 0 Å². The first-order valence-electron chi connectivity index (χ1n) is 15.5. The second kappa shape index (κ2) is 13.6. The minimum atomic E-state index is -8.63. The Kier molecular flexibility index (Phi) is 11.5. The highest BCUT2D eigenvalue weighted by Gasteiger charge is 2.95. The Morgan fingerprint density at radius 1 is 0.479 bits per heavy atom. The number of rotatable bonds is 13. The number of alkyl halides is 17. The molecule has 1 aromatic carbocycles. The summed E-state index contributed by atoms with van der Waals surface area (Å²) in [6.07, 6.45) is 3.92. The SMILES string of the molecule is CCCCC[C@H]1CC[C@H](C2CCC(c3ccc(C(F)(F)C(F)(F)C(F)(F)C(F)(F)C(F)(F)C(F)(F)C(F)(F)C(F)(F)F)cc3)CC2)CC1. The van der Waals surface area contributed by atoms with Gasteiger partial charge in [-0.05, 0) is 67.8 Å². The van der Waals surface area contributed by atoms with Gasteiger partial charge in [0.1, 0.15) is 0 Å². The summed E-state index contributed by atoms with van der Waals surface area (Å²) in [7, 11) is 0. The van der Waals surface area contributed by atoms with Crippen LogP contribution in [-0.4, -0.2) is 41.7 Å². The minimum absolute atomic E-state index is 0.105. The quantitative estimate of drug-likeness (QED) is 0.140. The molecule has 0 aromatic heterocycles. The molecule has 0 N–H and O–H groups in total. The second-order valence-corrected chi connectivity index (χ2v) is 13.0. The van der Waals surface area contributed by atoms with E-state index in [0.29, 0.717) is 30.6 Å². The molecule has 0 amide bonds. The third-order valence-electron chi connectivity index (χ3n) is 10.0. The Bertz CT molecular complexity index is 1190. The maximum Gasteiger partial charge on any atom is 0.460 e. The van der Waals surface area contributed by atoms with Crippen LogP contribution in [0.3, 0.4) is 0 Å². The third kappa shape index (κ3) is 6.73. The molecule has 0 bridgehead atoms. The maximum absolute atomic E-state index is 14.7. The Morgan fingerprint density at radius 3 is 1.29 bits per heavy atom. The van der Waals surface area contributed by atoms with Crippen molar-refractivity contribution in [2.24, 2.45) is 17.8 Å². The molecule has 0 nitrogen and oxygen atoms in total. The molecule has 48 heavy (non-hydrogen) atoms. The van der Waals surface area contributed by atoms with E-state index < -0.39 is 53.2 Å². The van der Waals surface area contributed by atoms with Crippen LogP contribution in [-0.2, 0) is 5.92 Å². The van der Waals surface area contributed by atoms with E-state index >= 15 is 0 Å². The Labute approximate surface area is 265 Å². The molecule has 0 aliphatic heterocycles. The fourth-order valence-electron chi connectivity index (χ4n) is 6.87. The second-order valence-electron chi connectivity index (χ2n) is 13.0. The molecule has 1 aromatic rings. The molecule has 3 rings (SSSR count). The van der Waals surface area contributed by atoms with E-state index in [2.05, 4.69) is 6.92 Å². The number of hydrogen-bond acceptors (Lipinski definition) is 0. The molecule has 0 saturated heterocycles. The van der Waals surface area contributed by atoms with Gasteiger partial charge >= 0.3 is 47.6 Å². The zero-order valence-corrected chi connectivity index (χ0v) is 25.5. The first-order valence-corrected chi connectivity index (χ1v) is 15.5. The summed E-state index contributed by atoms with van der Waals surface area (Å²) in [5.41, 5.74) is -1.89. The molecule has 0 spiro atoms. The molecule has 2 aliphatic rings. The van der Waals surface area contributed by atoms with Crippen LogP contribution in [0.25, 0.3) is 0 Å². The first-order chi connectivity index (χ1) is 21.7. The van der Waals surface area contributed by atoms with Gasteiger partial charge < -0.3 is 0 Å². The zero-order valence-electron chi connectivity index (χ0n) is 25.5. The van der Waals surface area contributed by atoms with Crippen LogP contribution in [0.5, 0.6) is 0 Å². The van der Waals surface area contributed by atoms with Gasteiger partial charge in [0.15, 0.2) is 0 Å². The fraction of sp³-hybridized carbons (Fsp3) is 0.806.